The van der Waals surface area contributed by atoms with Crippen LogP contribution in [-0.4, -0.2) is 23.9 Å². The van der Waals surface area contributed by atoms with E-state index in [1.165, 1.54) is 12.1 Å². The van der Waals surface area contributed by atoms with Crippen molar-refractivity contribution in [3.8, 4) is 5.69 Å². The molecule has 0 aliphatic heterocycles. The highest BCUT2D eigenvalue weighted by molar-refractivity contribution is 7.92. The molecule has 8 heteroatoms. The van der Waals surface area contributed by atoms with Gasteiger partial charge >= 0.3 is 0 Å². The third-order valence-corrected chi connectivity index (χ3v) is 6.68. The van der Waals surface area contributed by atoms with Crippen LogP contribution in [0.5, 0.6) is 0 Å². The molecule has 0 aliphatic carbocycles. The molecule has 0 atom stereocenters. The molecule has 2 N–H and O–H groups in total. The maximum absolute atomic E-state index is 12.8. The van der Waals surface area contributed by atoms with E-state index in [1.54, 1.807) is 49.5 Å². The topological polar surface area (TPSA) is 93.1 Å². The highest BCUT2D eigenvalue weighted by Crippen LogP contribution is 2.21. The third kappa shape index (κ3) is 4.96. The lowest BCUT2D eigenvalue weighted by molar-refractivity contribution is 0.0951. The van der Waals surface area contributed by atoms with Crippen molar-refractivity contribution >= 4 is 21.6 Å². The number of aromatic nitrogens is 2. The summed E-state index contributed by atoms with van der Waals surface area (Å²) in [6.07, 6.45) is 3.62. The average molecular weight is 461 g/mol. The van der Waals surface area contributed by atoms with Gasteiger partial charge in [0.2, 0.25) is 0 Å². The number of anilines is 1. The van der Waals surface area contributed by atoms with Gasteiger partial charge in [-0.05, 0) is 61.4 Å². The fraction of sp³-hybridized carbons (Fsp3) is 0.120. The van der Waals surface area contributed by atoms with Crippen LogP contribution in [0.4, 0.5) is 5.69 Å². The van der Waals surface area contributed by atoms with Crippen LogP contribution in [0.3, 0.4) is 0 Å². The Morgan fingerprint density at radius 2 is 1.70 bits per heavy atom. The lowest BCUT2D eigenvalue weighted by Gasteiger charge is -2.14. The molecule has 0 unspecified atom stereocenters. The highest BCUT2D eigenvalue weighted by Gasteiger charge is 2.16. The molecule has 0 saturated heterocycles. The molecule has 1 amide bonds. The average Bonchev–Trinajstić information content (AvgIpc) is 3.25. The molecule has 7 nitrogen and oxygen atoms in total. The second-order valence-electron chi connectivity index (χ2n) is 7.60. The van der Waals surface area contributed by atoms with Gasteiger partial charge in [0.25, 0.3) is 15.9 Å². The summed E-state index contributed by atoms with van der Waals surface area (Å²) in [7, 11) is -3.70. The van der Waals surface area contributed by atoms with E-state index >= 15 is 0 Å². The van der Waals surface area contributed by atoms with Crippen LogP contribution in [0.2, 0.25) is 0 Å². The van der Waals surface area contributed by atoms with Crippen molar-refractivity contribution in [1.82, 2.24) is 14.9 Å². The monoisotopic (exact) mass is 460 g/mol. The van der Waals surface area contributed by atoms with Crippen molar-refractivity contribution in [2.75, 3.05) is 4.72 Å². The minimum Gasteiger partial charge on any atom is -0.348 e. The highest BCUT2D eigenvalue weighted by atomic mass is 32.2. The van der Waals surface area contributed by atoms with Gasteiger partial charge in [-0.3, -0.25) is 9.52 Å². The molecule has 0 radical (unpaired) electrons. The van der Waals surface area contributed by atoms with Gasteiger partial charge in [-0.1, -0.05) is 36.4 Å². The maximum atomic E-state index is 12.8. The van der Waals surface area contributed by atoms with E-state index in [0.29, 0.717) is 23.4 Å². The van der Waals surface area contributed by atoms with Crippen LogP contribution >= 0.6 is 0 Å². The summed E-state index contributed by atoms with van der Waals surface area (Å²) in [6.45, 7) is 4.02. The predicted molar refractivity (Wildman–Crippen MR) is 128 cm³/mol. The summed E-state index contributed by atoms with van der Waals surface area (Å²) in [6, 6.07) is 20.8. The standard InChI is InChI=1S/C25H24N4O3S/c1-18-16-20(12-13-23(18)28-33(31,32)22-9-4-3-5-10-22)25(30)27-17-21-8-6-7-11-24(21)29-15-14-26-19(29)2/h3-16,28H,17H2,1-2H3,(H,27,30). The Labute approximate surface area is 193 Å². The lowest BCUT2D eigenvalue weighted by Crippen LogP contribution is -2.24. The van der Waals surface area contributed by atoms with Crippen molar-refractivity contribution in [3.63, 3.8) is 0 Å². The smallest absolute Gasteiger partial charge is 0.261 e. The molecule has 0 spiro atoms. The number of aryl methyl sites for hydroxylation is 2. The van der Waals surface area contributed by atoms with Crippen molar-refractivity contribution < 1.29 is 13.2 Å². The molecule has 4 aromatic rings. The fourth-order valence-electron chi connectivity index (χ4n) is 3.53. The van der Waals surface area contributed by atoms with E-state index in [4.69, 9.17) is 0 Å². The Balaban J connectivity index is 1.47. The molecule has 1 aromatic heterocycles. The second-order valence-corrected chi connectivity index (χ2v) is 9.29. The molecule has 0 bridgehead atoms. The maximum Gasteiger partial charge on any atom is 0.261 e. The number of para-hydroxylation sites is 1. The first-order chi connectivity index (χ1) is 15.8. The van der Waals surface area contributed by atoms with Gasteiger partial charge in [0, 0.05) is 24.5 Å². The van der Waals surface area contributed by atoms with Gasteiger partial charge in [-0.2, -0.15) is 0 Å². The molecule has 1 heterocycles. The molecule has 3 aromatic carbocycles. The number of amides is 1. The first kappa shape index (κ1) is 22.3. The molecule has 0 aliphatic rings. The van der Waals surface area contributed by atoms with Crippen molar-refractivity contribution in [2.24, 2.45) is 0 Å². The Morgan fingerprint density at radius 3 is 2.39 bits per heavy atom. The number of rotatable bonds is 7. The van der Waals surface area contributed by atoms with E-state index in [1.807, 2.05) is 42.0 Å². The number of hydrogen-bond acceptors (Lipinski definition) is 4. The van der Waals surface area contributed by atoms with Crippen LogP contribution in [0.1, 0.15) is 27.3 Å². The Bertz CT molecular complexity index is 1400. The van der Waals surface area contributed by atoms with Crippen LogP contribution in [-0.2, 0) is 16.6 Å². The predicted octanol–water partition coefficient (Wildman–Crippen LogP) is 4.22. The number of hydrogen-bond donors (Lipinski definition) is 2. The molecule has 0 fully saturated rings. The van der Waals surface area contributed by atoms with Gasteiger partial charge in [-0.15, -0.1) is 0 Å². The van der Waals surface area contributed by atoms with Crippen LogP contribution in [0.25, 0.3) is 5.69 Å². The Hall–Kier alpha value is -3.91. The zero-order valence-corrected chi connectivity index (χ0v) is 19.1. The Morgan fingerprint density at radius 1 is 0.970 bits per heavy atom. The summed E-state index contributed by atoms with van der Waals surface area (Å²) in [5.41, 5.74) is 3.44. The largest absolute Gasteiger partial charge is 0.348 e. The number of sulfonamides is 1. The summed E-state index contributed by atoms with van der Waals surface area (Å²) in [4.78, 5) is 17.2. The Kier molecular flexibility index (Phi) is 6.28. The van der Waals surface area contributed by atoms with E-state index in [2.05, 4.69) is 15.0 Å². The number of imidazole rings is 1. The molecule has 168 valence electrons. The first-order valence-electron chi connectivity index (χ1n) is 10.4. The van der Waals surface area contributed by atoms with Gasteiger partial charge in [0.05, 0.1) is 16.3 Å². The summed E-state index contributed by atoms with van der Waals surface area (Å²) >= 11 is 0. The summed E-state index contributed by atoms with van der Waals surface area (Å²) < 4.78 is 29.7. The minimum atomic E-state index is -3.70. The SMILES string of the molecule is Cc1cc(C(=O)NCc2ccccc2-n2ccnc2C)ccc1NS(=O)(=O)c1ccccc1. The fourth-order valence-corrected chi connectivity index (χ4v) is 4.68. The van der Waals surface area contributed by atoms with Crippen molar-refractivity contribution in [1.29, 1.82) is 0 Å². The normalized spacial score (nSPS) is 11.2. The van der Waals surface area contributed by atoms with E-state index in [9.17, 15) is 13.2 Å². The minimum absolute atomic E-state index is 0.179. The van der Waals surface area contributed by atoms with Crippen molar-refractivity contribution in [3.05, 3.63) is 108 Å². The summed E-state index contributed by atoms with van der Waals surface area (Å²) in [5.74, 6) is 0.616. The van der Waals surface area contributed by atoms with E-state index in [-0.39, 0.29) is 10.8 Å². The lowest BCUT2D eigenvalue weighted by atomic mass is 10.1. The van der Waals surface area contributed by atoms with Crippen LogP contribution in [0.15, 0.2) is 90.1 Å². The zero-order valence-electron chi connectivity index (χ0n) is 18.3. The number of benzene rings is 3. The second kappa shape index (κ2) is 9.30. The molecular formula is C25H24N4O3S. The quantitative estimate of drug-likeness (QED) is 0.432. The first-order valence-corrected chi connectivity index (χ1v) is 11.9. The molecule has 33 heavy (non-hydrogen) atoms. The van der Waals surface area contributed by atoms with Crippen LogP contribution < -0.4 is 10.0 Å². The number of carbonyl (C=O) groups is 1. The van der Waals surface area contributed by atoms with E-state index < -0.39 is 10.0 Å². The van der Waals surface area contributed by atoms with Gasteiger partial charge in [0.15, 0.2) is 0 Å². The zero-order chi connectivity index (χ0) is 23.4. The number of nitrogens with one attached hydrogen (secondary N) is 2. The van der Waals surface area contributed by atoms with Gasteiger partial charge in [-0.25, -0.2) is 13.4 Å². The molecule has 4 rings (SSSR count). The van der Waals surface area contributed by atoms with Crippen molar-refractivity contribution in [2.45, 2.75) is 25.3 Å². The van der Waals surface area contributed by atoms with E-state index in [0.717, 1.165) is 17.1 Å². The summed E-state index contributed by atoms with van der Waals surface area (Å²) in [5, 5.41) is 2.95. The number of nitrogens with zero attached hydrogens (tertiary/aromatic N) is 2. The van der Waals surface area contributed by atoms with Gasteiger partial charge < -0.3 is 9.88 Å². The number of carbonyl (C=O) groups excluding carboxylic acids is 1. The molecular weight excluding hydrogens is 436 g/mol. The van der Waals surface area contributed by atoms with Gasteiger partial charge in [0.1, 0.15) is 5.82 Å². The van der Waals surface area contributed by atoms with Crippen LogP contribution in [0, 0.1) is 13.8 Å². The molecule has 0 saturated carbocycles. The third-order valence-electron chi connectivity index (χ3n) is 5.30.